The second kappa shape index (κ2) is 7.63. The van der Waals surface area contributed by atoms with Gasteiger partial charge in [0, 0.05) is 37.4 Å². The van der Waals surface area contributed by atoms with E-state index < -0.39 is 11.9 Å². The number of nitrogens with two attached hydrogens (primary N) is 2. The molecule has 2 aliphatic rings. The molecule has 1 amide bonds. The monoisotopic (exact) mass is 399 g/mol. The molecule has 0 spiro atoms. The minimum absolute atomic E-state index is 0.0670. The smallest absolute Gasteiger partial charge is 0.267 e. The summed E-state index contributed by atoms with van der Waals surface area (Å²) in [5, 5.41) is 2.90. The van der Waals surface area contributed by atoms with E-state index in [1.165, 1.54) is 18.2 Å². The van der Waals surface area contributed by atoms with Gasteiger partial charge in [-0.05, 0) is 30.7 Å². The molecule has 2 unspecified atom stereocenters. The van der Waals surface area contributed by atoms with Gasteiger partial charge in [-0.25, -0.2) is 9.37 Å². The number of piperazine rings is 1. The van der Waals surface area contributed by atoms with Gasteiger partial charge >= 0.3 is 0 Å². The van der Waals surface area contributed by atoms with Gasteiger partial charge in [0.1, 0.15) is 23.6 Å². The zero-order valence-electron chi connectivity index (χ0n) is 15.7. The molecule has 1 aromatic carbocycles. The van der Waals surface area contributed by atoms with Crippen molar-refractivity contribution in [1.29, 1.82) is 0 Å². The van der Waals surface area contributed by atoms with Crippen molar-refractivity contribution >= 4 is 29.6 Å². The number of nitrogens with zero attached hydrogens (tertiary/aromatic N) is 4. The van der Waals surface area contributed by atoms with Crippen molar-refractivity contribution in [3.05, 3.63) is 41.8 Å². The summed E-state index contributed by atoms with van der Waals surface area (Å²) >= 11 is 0. The number of rotatable bonds is 7. The fourth-order valence-corrected chi connectivity index (χ4v) is 3.96. The fourth-order valence-electron chi connectivity index (χ4n) is 3.96. The Morgan fingerprint density at radius 3 is 2.52 bits per heavy atom. The van der Waals surface area contributed by atoms with Gasteiger partial charge in [-0.15, -0.1) is 0 Å². The molecule has 10 heteroatoms. The van der Waals surface area contributed by atoms with Gasteiger partial charge in [0.2, 0.25) is 5.95 Å². The number of amides is 1. The molecule has 2 saturated heterocycles. The lowest BCUT2D eigenvalue weighted by Gasteiger charge is -2.35. The number of anilines is 3. The van der Waals surface area contributed by atoms with Gasteiger partial charge in [-0.3, -0.25) is 4.79 Å². The molecule has 2 aliphatic heterocycles. The van der Waals surface area contributed by atoms with Crippen LogP contribution in [-0.4, -0.2) is 59.9 Å². The Bertz CT molecular complexity index is 923. The van der Waals surface area contributed by atoms with Crippen LogP contribution in [0.5, 0.6) is 0 Å². The summed E-state index contributed by atoms with van der Waals surface area (Å²) in [6, 6.07) is 7.64. The molecule has 29 heavy (non-hydrogen) atoms. The number of carbonyl (C=O) groups is 2. The summed E-state index contributed by atoms with van der Waals surface area (Å²) in [6.45, 7) is 1.50. The number of aromatic nitrogens is 2. The van der Waals surface area contributed by atoms with Crippen LogP contribution in [0.25, 0.3) is 0 Å². The number of hydrogen-bond acceptors (Lipinski definition) is 8. The maximum atomic E-state index is 13.2. The highest BCUT2D eigenvalue weighted by molar-refractivity contribution is 5.92. The quantitative estimate of drug-likeness (QED) is 0.560. The topological polar surface area (TPSA) is 130 Å². The van der Waals surface area contributed by atoms with Crippen LogP contribution in [0, 0.1) is 5.82 Å². The molecule has 3 heterocycles. The molecule has 5 N–H and O–H groups in total. The van der Waals surface area contributed by atoms with E-state index in [0.717, 1.165) is 18.7 Å². The molecule has 0 radical (unpaired) electrons. The van der Waals surface area contributed by atoms with E-state index in [9.17, 15) is 14.0 Å². The minimum Gasteiger partial charge on any atom is -0.365 e. The zero-order chi connectivity index (χ0) is 20.5. The largest absolute Gasteiger partial charge is 0.365 e. The molecule has 2 bridgehead atoms. The normalized spacial score (nSPS) is 21.3. The molecule has 152 valence electrons. The van der Waals surface area contributed by atoms with Crippen molar-refractivity contribution in [3.8, 4) is 0 Å². The van der Waals surface area contributed by atoms with Gasteiger partial charge < -0.3 is 31.4 Å². The maximum absolute atomic E-state index is 13.2. The predicted octanol–water partition coefficient (Wildman–Crippen LogP) is 0.120. The highest BCUT2D eigenvalue weighted by Crippen LogP contribution is 2.36. The lowest BCUT2D eigenvalue weighted by atomic mass is 10.2. The van der Waals surface area contributed by atoms with Crippen molar-refractivity contribution in [1.82, 2.24) is 9.97 Å². The summed E-state index contributed by atoms with van der Waals surface area (Å²) < 4.78 is 13.2. The third-order valence-corrected chi connectivity index (χ3v) is 5.37. The van der Waals surface area contributed by atoms with E-state index >= 15 is 0 Å². The molecule has 0 aliphatic carbocycles. The number of carbonyl (C=O) groups excluding carboxylic acids is 2. The van der Waals surface area contributed by atoms with Crippen molar-refractivity contribution in [2.24, 2.45) is 11.5 Å². The van der Waals surface area contributed by atoms with Gasteiger partial charge in [-0.2, -0.15) is 4.98 Å². The Labute approximate surface area is 166 Å². The standard InChI is InChI=1S/C19H22FN7O2/c20-11-1-3-13(4-2-11)26-8-15-5-14(26)9-27(15)19-24-16(18(22)29)6-17(25-19)23-12(7-21)10-28/h1-4,6,10,12,14-15H,5,7-9,21H2,(H2,22,29)(H,23,24,25)/t12-,14?,15?/m0/s1. The molecule has 4 rings (SSSR count). The van der Waals surface area contributed by atoms with E-state index in [1.54, 1.807) is 12.1 Å². The summed E-state index contributed by atoms with van der Waals surface area (Å²) in [6.07, 6.45) is 1.59. The first-order valence-corrected chi connectivity index (χ1v) is 9.38. The van der Waals surface area contributed by atoms with E-state index in [1.807, 2.05) is 4.90 Å². The number of hydrogen-bond donors (Lipinski definition) is 3. The van der Waals surface area contributed by atoms with E-state index in [-0.39, 0.29) is 30.1 Å². The first-order chi connectivity index (χ1) is 14.0. The van der Waals surface area contributed by atoms with E-state index in [2.05, 4.69) is 20.2 Å². The van der Waals surface area contributed by atoms with Gasteiger partial charge in [0.15, 0.2) is 0 Å². The Kier molecular flexibility index (Phi) is 5.01. The third kappa shape index (κ3) is 3.70. The number of aldehydes is 1. The van der Waals surface area contributed by atoms with Crippen LogP contribution in [0.1, 0.15) is 16.9 Å². The van der Waals surface area contributed by atoms with Crippen molar-refractivity contribution in [2.45, 2.75) is 24.5 Å². The number of halogens is 1. The lowest BCUT2D eigenvalue weighted by molar-refractivity contribution is -0.108. The SMILES string of the molecule is NC[C@@H](C=O)Nc1cc(C(N)=O)nc(N2CC3CC2CN3c2ccc(F)cc2)n1. The first-order valence-electron chi connectivity index (χ1n) is 9.38. The molecular weight excluding hydrogens is 377 g/mol. The number of nitrogens with one attached hydrogen (secondary N) is 1. The van der Waals surface area contributed by atoms with Crippen molar-refractivity contribution in [3.63, 3.8) is 0 Å². The number of primary amides is 1. The molecule has 9 nitrogen and oxygen atoms in total. The van der Waals surface area contributed by atoms with Gasteiger partial charge in [0.25, 0.3) is 5.91 Å². The lowest BCUT2D eigenvalue weighted by Crippen LogP contribution is -2.47. The Hall–Kier alpha value is -3.27. The second-order valence-electron chi connectivity index (χ2n) is 7.25. The van der Waals surface area contributed by atoms with Crippen LogP contribution in [0.3, 0.4) is 0 Å². The molecule has 3 atom stereocenters. The second-order valence-corrected chi connectivity index (χ2v) is 7.25. The molecule has 2 fully saturated rings. The highest BCUT2D eigenvalue weighted by Gasteiger charge is 2.44. The Morgan fingerprint density at radius 2 is 1.93 bits per heavy atom. The number of fused-ring (bicyclic) bond motifs is 2. The van der Waals surface area contributed by atoms with E-state index in [0.29, 0.717) is 24.6 Å². The summed E-state index contributed by atoms with van der Waals surface area (Å²) in [5.74, 6) is -0.229. The van der Waals surface area contributed by atoms with Crippen LogP contribution in [-0.2, 0) is 4.79 Å². The van der Waals surface area contributed by atoms with Crippen LogP contribution in [0.4, 0.5) is 21.8 Å². The molecule has 1 aromatic heterocycles. The summed E-state index contributed by atoms with van der Waals surface area (Å²) in [5.41, 5.74) is 12.0. The molecular formula is C19H22FN7O2. The van der Waals surface area contributed by atoms with Gasteiger partial charge in [0.05, 0.1) is 12.1 Å². The first kappa shape index (κ1) is 19.1. The van der Waals surface area contributed by atoms with E-state index in [4.69, 9.17) is 11.5 Å². The Balaban J connectivity index is 1.56. The summed E-state index contributed by atoms with van der Waals surface area (Å²) in [7, 11) is 0. The molecule has 2 aromatic rings. The van der Waals surface area contributed by atoms with Crippen molar-refractivity contribution in [2.75, 3.05) is 34.8 Å². The fraction of sp³-hybridized carbons (Fsp3) is 0.368. The zero-order valence-corrected chi connectivity index (χ0v) is 15.7. The highest BCUT2D eigenvalue weighted by atomic mass is 19.1. The molecule has 0 saturated carbocycles. The summed E-state index contributed by atoms with van der Waals surface area (Å²) in [4.78, 5) is 35.9. The third-order valence-electron chi connectivity index (χ3n) is 5.37. The maximum Gasteiger partial charge on any atom is 0.267 e. The Morgan fingerprint density at radius 1 is 1.24 bits per heavy atom. The van der Waals surface area contributed by atoms with Crippen LogP contribution in [0.2, 0.25) is 0 Å². The van der Waals surface area contributed by atoms with Crippen LogP contribution < -0.4 is 26.6 Å². The number of benzene rings is 1. The van der Waals surface area contributed by atoms with Crippen molar-refractivity contribution < 1.29 is 14.0 Å². The van der Waals surface area contributed by atoms with Crippen LogP contribution >= 0.6 is 0 Å². The van der Waals surface area contributed by atoms with Crippen LogP contribution in [0.15, 0.2) is 30.3 Å². The average molecular weight is 399 g/mol. The average Bonchev–Trinajstić information content (AvgIpc) is 3.33. The van der Waals surface area contributed by atoms with Gasteiger partial charge in [-0.1, -0.05) is 0 Å². The minimum atomic E-state index is -0.676. The predicted molar refractivity (Wildman–Crippen MR) is 106 cm³/mol.